The molecule has 6 nitrogen and oxygen atoms in total. The van der Waals surface area contributed by atoms with Gasteiger partial charge in [0.25, 0.3) is 5.91 Å². The van der Waals surface area contributed by atoms with Crippen LogP contribution < -0.4 is 5.32 Å². The van der Waals surface area contributed by atoms with Crippen molar-refractivity contribution in [3.8, 4) is 11.8 Å². The Balaban J connectivity index is 2.01. The highest BCUT2D eigenvalue weighted by atomic mass is 32.2. The summed E-state index contributed by atoms with van der Waals surface area (Å²) >= 11 is 1.40. The molecule has 0 saturated heterocycles. The van der Waals surface area contributed by atoms with E-state index in [0.717, 1.165) is 5.69 Å². The van der Waals surface area contributed by atoms with Crippen molar-refractivity contribution in [2.45, 2.75) is 5.03 Å². The summed E-state index contributed by atoms with van der Waals surface area (Å²) in [6, 6.07) is 14.8. The second kappa shape index (κ2) is 6.98. The van der Waals surface area contributed by atoms with Crippen LogP contribution in [-0.4, -0.2) is 26.9 Å². The lowest BCUT2D eigenvalue weighted by Gasteiger charge is -2.04. The Morgan fingerprint density at radius 3 is 2.54 bits per heavy atom. The van der Waals surface area contributed by atoms with E-state index in [-0.39, 0.29) is 11.7 Å². The van der Waals surface area contributed by atoms with Gasteiger partial charge in [-0.2, -0.15) is 5.26 Å². The zero-order valence-corrected chi connectivity index (χ0v) is 13.6. The minimum atomic E-state index is -0.334. The highest BCUT2D eigenvalue weighted by Crippen LogP contribution is 2.29. The van der Waals surface area contributed by atoms with Crippen LogP contribution in [0.4, 0.5) is 5.82 Å². The number of benzene rings is 1. The smallest absolute Gasteiger partial charge is 0.257 e. The van der Waals surface area contributed by atoms with Gasteiger partial charge in [-0.3, -0.25) is 9.78 Å². The predicted molar refractivity (Wildman–Crippen MR) is 92.3 cm³/mol. The summed E-state index contributed by atoms with van der Waals surface area (Å²) in [5.41, 5.74) is 1.62. The fourth-order valence-electron chi connectivity index (χ4n) is 2.21. The lowest BCUT2D eigenvalue weighted by atomic mass is 10.2. The van der Waals surface area contributed by atoms with Crippen LogP contribution in [0.3, 0.4) is 0 Å². The van der Waals surface area contributed by atoms with Crippen LogP contribution in [0.25, 0.3) is 5.69 Å². The number of rotatable bonds is 4. The molecule has 7 heteroatoms. The molecule has 0 bridgehead atoms. The summed E-state index contributed by atoms with van der Waals surface area (Å²) in [6.07, 6.45) is 4.94. The molecule has 0 spiro atoms. The van der Waals surface area contributed by atoms with Gasteiger partial charge in [0.2, 0.25) is 0 Å². The van der Waals surface area contributed by atoms with E-state index in [4.69, 9.17) is 0 Å². The van der Waals surface area contributed by atoms with Crippen molar-refractivity contribution in [3.63, 3.8) is 0 Å². The molecule has 24 heavy (non-hydrogen) atoms. The molecule has 0 aliphatic rings. The lowest BCUT2D eigenvalue weighted by Crippen LogP contribution is -2.13. The second-order valence-electron chi connectivity index (χ2n) is 4.78. The maximum Gasteiger partial charge on any atom is 0.257 e. The molecule has 2 aromatic heterocycles. The molecule has 118 valence electrons. The monoisotopic (exact) mass is 335 g/mol. The average molecular weight is 335 g/mol. The number of carbonyl (C=O) groups excluding carboxylic acids is 1. The summed E-state index contributed by atoms with van der Waals surface area (Å²) in [4.78, 5) is 16.2. The summed E-state index contributed by atoms with van der Waals surface area (Å²) in [5.74, 6) is -0.0909. The van der Waals surface area contributed by atoms with Crippen LogP contribution in [0.5, 0.6) is 0 Å². The number of nitrogens with zero attached hydrogens (tertiary/aromatic N) is 4. The SMILES string of the molecule is CSc1c(C#N)c(NC(=O)c2ccncc2)nn1-c1ccccc1. The first-order valence-electron chi connectivity index (χ1n) is 7.08. The van der Waals surface area contributed by atoms with Gasteiger partial charge in [0, 0.05) is 18.0 Å². The Kier molecular flexibility index (Phi) is 4.59. The van der Waals surface area contributed by atoms with E-state index < -0.39 is 0 Å². The van der Waals surface area contributed by atoms with Crippen molar-refractivity contribution >= 4 is 23.5 Å². The van der Waals surface area contributed by atoms with Crippen molar-refractivity contribution in [3.05, 3.63) is 66.0 Å². The molecule has 0 aliphatic heterocycles. The number of nitriles is 1. The van der Waals surface area contributed by atoms with Crippen LogP contribution in [0.15, 0.2) is 59.9 Å². The number of aromatic nitrogens is 3. The molecule has 0 saturated carbocycles. The highest BCUT2D eigenvalue weighted by molar-refractivity contribution is 7.98. The molecule has 0 aliphatic carbocycles. The van der Waals surface area contributed by atoms with Crippen LogP contribution in [-0.2, 0) is 0 Å². The Hall–Kier alpha value is -3.11. The third-order valence-corrected chi connectivity index (χ3v) is 4.09. The average Bonchev–Trinajstić information content (AvgIpc) is 3.00. The van der Waals surface area contributed by atoms with Gasteiger partial charge < -0.3 is 5.32 Å². The molecular formula is C17H13N5OS. The maximum absolute atomic E-state index is 12.3. The van der Waals surface area contributed by atoms with E-state index in [1.807, 2.05) is 36.6 Å². The molecule has 3 rings (SSSR count). The Bertz CT molecular complexity index is 900. The highest BCUT2D eigenvalue weighted by Gasteiger charge is 2.20. The zero-order chi connectivity index (χ0) is 16.9. The van der Waals surface area contributed by atoms with Crippen LogP contribution in [0, 0.1) is 11.3 Å². The van der Waals surface area contributed by atoms with Gasteiger partial charge in [0.15, 0.2) is 5.82 Å². The third kappa shape index (κ3) is 3.00. The van der Waals surface area contributed by atoms with E-state index in [0.29, 0.717) is 16.2 Å². The number of hydrogen-bond donors (Lipinski definition) is 1. The van der Waals surface area contributed by atoms with Gasteiger partial charge >= 0.3 is 0 Å². The Labute approximate surface area is 143 Å². The maximum atomic E-state index is 12.3. The van der Waals surface area contributed by atoms with Crippen LogP contribution in [0.2, 0.25) is 0 Å². The lowest BCUT2D eigenvalue weighted by molar-refractivity contribution is 0.102. The number of amides is 1. The number of nitrogens with one attached hydrogen (secondary N) is 1. The van der Waals surface area contributed by atoms with Crippen LogP contribution in [0.1, 0.15) is 15.9 Å². The third-order valence-electron chi connectivity index (χ3n) is 3.32. The fourth-order valence-corrected chi connectivity index (χ4v) is 2.87. The molecule has 1 aromatic carbocycles. The van der Waals surface area contributed by atoms with Crippen molar-refractivity contribution in [2.24, 2.45) is 0 Å². The number of pyridine rings is 1. The topological polar surface area (TPSA) is 83.6 Å². The first-order valence-corrected chi connectivity index (χ1v) is 8.31. The fraction of sp³-hybridized carbons (Fsp3) is 0.0588. The normalized spacial score (nSPS) is 10.2. The van der Waals surface area contributed by atoms with Crippen molar-refractivity contribution in [2.75, 3.05) is 11.6 Å². The quantitative estimate of drug-likeness (QED) is 0.741. The minimum Gasteiger partial charge on any atom is -0.304 e. The largest absolute Gasteiger partial charge is 0.304 e. The number of anilines is 1. The molecule has 0 fully saturated rings. The molecule has 0 radical (unpaired) electrons. The van der Waals surface area contributed by atoms with Gasteiger partial charge in [0.1, 0.15) is 16.7 Å². The zero-order valence-electron chi connectivity index (χ0n) is 12.8. The van der Waals surface area contributed by atoms with Gasteiger partial charge in [-0.25, -0.2) is 4.68 Å². The molecule has 0 unspecified atom stereocenters. The van der Waals surface area contributed by atoms with Gasteiger partial charge in [-0.1, -0.05) is 18.2 Å². The van der Waals surface area contributed by atoms with Gasteiger partial charge in [-0.05, 0) is 30.5 Å². The molecular weight excluding hydrogens is 322 g/mol. The van der Waals surface area contributed by atoms with E-state index in [9.17, 15) is 10.1 Å². The standard InChI is InChI=1S/C17H13N5OS/c1-24-17-14(11-18)15(20-16(23)12-7-9-19-10-8-12)21-22(17)13-5-3-2-4-6-13/h2-10H,1H3,(H,20,21,23). The summed E-state index contributed by atoms with van der Waals surface area (Å²) in [7, 11) is 0. The van der Waals surface area contributed by atoms with E-state index in [2.05, 4.69) is 21.5 Å². The first-order chi connectivity index (χ1) is 11.7. The van der Waals surface area contributed by atoms with Crippen molar-refractivity contribution in [1.29, 1.82) is 5.26 Å². The van der Waals surface area contributed by atoms with E-state index >= 15 is 0 Å². The van der Waals surface area contributed by atoms with Gasteiger partial charge in [0.05, 0.1) is 5.69 Å². The molecule has 2 heterocycles. The summed E-state index contributed by atoms with van der Waals surface area (Å²) in [5, 5.41) is 17.3. The first kappa shape index (κ1) is 15.8. The number of carbonyl (C=O) groups is 1. The van der Waals surface area contributed by atoms with E-state index in [1.165, 1.54) is 24.2 Å². The van der Waals surface area contributed by atoms with Gasteiger partial charge in [-0.15, -0.1) is 16.9 Å². The summed E-state index contributed by atoms with van der Waals surface area (Å²) in [6.45, 7) is 0. The number of hydrogen-bond acceptors (Lipinski definition) is 5. The number of thioether (sulfide) groups is 1. The number of para-hydroxylation sites is 1. The molecule has 0 atom stereocenters. The van der Waals surface area contributed by atoms with Crippen molar-refractivity contribution in [1.82, 2.24) is 14.8 Å². The second-order valence-corrected chi connectivity index (χ2v) is 5.58. The molecule has 1 amide bonds. The van der Waals surface area contributed by atoms with Crippen molar-refractivity contribution < 1.29 is 4.79 Å². The summed E-state index contributed by atoms with van der Waals surface area (Å²) < 4.78 is 1.66. The predicted octanol–water partition coefficient (Wildman–Crippen LogP) is 3.11. The Morgan fingerprint density at radius 2 is 1.92 bits per heavy atom. The van der Waals surface area contributed by atoms with Crippen LogP contribution >= 0.6 is 11.8 Å². The Morgan fingerprint density at radius 1 is 1.21 bits per heavy atom. The van der Waals surface area contributed by atoms with E-state index in [1.54, 1.807) is 16.8 Å². The molecule has 1 N–H and O–H groups in total. The minimum absolute atomic E-state index is 0.243. The molecule has 3 aromatic rings.